The zero-order valence-electron chi connectivity index (χ0n) is 18.9. The van der Waals surface area contributed by atoms with Crippen molar-refractivity contribution in [2.45, 2.75) is 37.0 Å². The molecule has 2 heterocycles. The maximum Gasteiger partial charge on any atom is 0.244 e. The second kappa shape index (κ2) is 9.74. The average molecular weight is 489 g/mol. The SMILES string of the molecule is CCOc1ccc2nc(SCC(=O)N3CCN(S(=O)(=O)c4ccccc4)C3C(C)C)[nH]c2c1. The lowest BCUT2D eigenvalue weighted by Gasteiger charge is -2.32. The fourth-order valence-electron chi connectivity index (χ4n) is 4.08. The van der Waals surface area contributed by atoms with E-state index in [1.165, 1.54) is 16.1 Å². The maximum absolute atomic E-state index is 13.2. The Morgan fingerprint density at radius 2 is 1.97 bits per heavy atom. The van der Waals surface area contributed by atoms with Gasteiger partial charge in [-0.3, -0.25) is 4.79 Å². The van der Waals surface area contributed by atoms with Crippen LogP contribution in [0.1, 0.15) is 20.8 Å². The molecular weight excluding hydrogens is 460 g/mol. The Hall–Kier alpha value is -2.56. The number of hydrogen-bond acceptors (Lipinski definition) is 6. The number of carbonyl (C=O) groups excluding carboxylic acids is 1. The van der Waals surface area contributed by atoms with E-state index in [2.05, 4.69) is 9.97 Å². The Morgan fingerprint density at radius 1 is 1.21 bits per heavy atom. The third-order valence-corrected chi connectivity index (χ3v) is 8.26. The van der Waals surface area contributed by atoms with Gasteiger partial charge in [-0.25, -0.2) is 13.4 Å². The van der Waals surface area contributed by atoms with E-state index >= 15 is 0 Å². The number of thioether (sulfide) groups is 1. The van der Waals surface area contributed by atoms with Crippen LogP contribution in [-0.2, 0) is 14.8 Å². The van der Waals surface area contributed by atoms with Gasteiger partial charge in [-0.05, 0) is 37.1 Å². The zero-order valence-corrected chi connectivity index (χ0v) is 20.5. The number of nitrogens with one attached hydrogen (secondary N) is 1. The first-order valence-electron chi connectivity index (χ1n) is 10.9. The molecule has 1 fully saturated rings. The second-order valence-electron chi connectivity index (χ2n) is 8.12. The smallest absolute Gasteiger partial charge is 0.244 e. The summed E-state index contributed by atoms with van der Waals surface area (Å²) < 4.78 is 33.4. The molecule has 1 aliphatic rings. The number of nitrogens with zero attached hydrogens (tertiary/aromatic N) is 3. The Kier molecular flexibility index (Phi) is 6.96. The fraction of sp³-hybridized carbons (Fsp3) is 0.391. The lowest BCUT2D eigenvalue weighted by atomic mass is 10.1. The highest BCUT2D eigenvalue weighted by Gasteiger charge is 2.43. The van der Waals surface area contributed by atoms with Crippen LogP contribution in [0.5, 0.6) is 5.75 Å². The van der Waals surface area contributed by atoms with E-state index in [0.29, 0.717) is 18.3 Å². The molecule has 1 saturated heterocycles. The predicted molar refractivity (Wildman–Crippen MR) is 129 cm³/mol. The van der Waals surface area contributed by atoms with Crippen molar-refractivity contribution in [3.8, 4) is 5.75 Å². The van der Waals surface area contributed by atoms with E-state index in [4.69, 9.17) is 4.74 Å². The van der Waals surface area contributed by atoms with Crippen LogP contribution in [0.2, 0.25) is 0 Å². The Balaban J connectivity index is 1.47. The number of H-pyrrole nitrogens is 1. The van der Waals surface area contributed by atoms with Gasteiger partial charge < -0.3 is 14.6 Å². The number of benzene rings is 2. The number of hydrogen-bond donors (Lipinski definition) is 1. The summed E-state index contributed by atoms with van der Waals surface area (Å²) in [6.45, 7) is 7.03. The molecule has 1 unspecified atom stereocenters. The molecule has 176 valence electrons. The van der Waals surface area contributed by atoms with Crippen LogP contribution < -0.4 is 4.74 Å². The molecule has 1 aromatic heterocycles. The van der Waals surface area contributed by atoms with Gasteiger partial charge >= 0.3 is 0 Å². The summed E-state index contributed by atoms with van der Waals surface area (Å²) in [5.74, 6) is 0.765. The van der Waals surface area contributed by atoms with Gasteiger partial charge in [-0.15, -0.1) is 0 Å². The molecule has 2 aromatic carbocycles. The number of ether oxygens (including phenoxy) is 1. The molecule has 8 nitrogen and oxygen atoms in total. The van der Waals surface area contributed by atoms with Crippen LogP contribution >= 0.6 is 11.8 Å². The van der Waals surface area contributed by atoms with Gasteiger partial charge in [0.15, 0.2) is 5.16 Å². The lowest BCUT2D eigenvalue weighted by molar-refractivity contribution is -0.130. The minimum absolute atomic E-state index is 0.0527. The lowest BCUT2D eigenvalue weighted by Crippen LogP contribution is -2.48. The Bertz CT molecular complexity index is 1230. The summed E-state index contributed by atoms with van der Waals surface area (Å²) in [4.78, 5) is 22.8. The summed E-state index contributed by atoms with van der Waals surface area (Å²) in [5, 5.41) is 0.640. The van der Waals surface area contributed by atoms with Gasteiger partial charge in [0.2, 0.25) is 15.9 Å². The van der Waals surface area contributed by atoms with Crippen molar-refractivity contribution < 1.29 is 17.9 Å². The van der Waals surface area contributed by atoms with Crippen LogP contribution in [0.4, 0.5) is 0 Å². The summed E-state index contributed by atoms with van der Waals surface area (Å²) in [6.07, 6.45) is -0.521. The van der Waals surface area contributed by atoms with Crippen LogP contribution in [-0.4, -0.2) is 65.1 Å². The first kappa shape index (κ1) is 23.6. The van der Waals surface area contributed by atoms with E-state index in [0.717, 1.165) is 16.8 Å². The number of imidazole rings is 1. The standard InChI is InChI=1S/C23H28N4O4S2/c1-4-31-17-10-11-19-20(14-17)25-23(24-19)32-15-21(28)26-12-13-27(22(26)16(2)3)33(29,30)18-8-6-5-7-9-18/h5-11,14,16,22H,4,12-13,15H2,1-3H3,(H,24,25). The molecule has 1 atom stereocenters. The quantitative estimate of drug-likeness (QED) is 0.487. The highest BCUT2D eigenvalue weighted by atomic mass is 32.2. The fourth-order valence-corrected chi connectivity index (χ4v) is 6.59. The molecule has 0 spiro atoms. The summed E-state index contributed by atoms with van der Waals surface area (Å²) in [7, 11) is -3.69. The first-order valence-corrected chi connectivity index (χ1v) is 13.4. The van der Waals surface area contributed by atoms with Crippen molar-refractivity contribution in [1.82, 2.24) is 19.2 Å². The zero-order chi connectivity index (χ0) is 23.6. The summed E-state index contributed by atoms with van der Waals surface area (Å²) >= 11 is 1.31. The van der Waals surface area contributed by atoms with Crippen molar-refractivity contribution in [2.75, 3.05) is 25.4 Å². The molecule has 1 aliphatic heterocycles. The summed E-state index contributed by atoms with van der Waals surface area (Å²) in [5.41, 5.74) is 1.65. The van der Waals surface area contributed by atoms with Crippen molar-refractivity contribution in [3.63, 3.8) is 0 Å². The minimum Gasteiger partial charge on any atom is -0.494 e. The molecule has 1 amide bonds. The molecule has 10 heteroatoms. The largest absolute Gasteiger partial charge is 0.494 e. The van der Waals surface area contributed by atoms with Gasteiger partial charge in [0.05, 0.1) is 28.3 Å². The number of carbonyl (C=O) groups is 1. The van der Waals surface area contributed by atoms with E-state index in [9.17, 15) is 13.2 Å². The van der Waals surface area contributed by atoms with Gasteiger partial charge in [-0.1, -0.05) is 43.8 Å². The Morgan fingerprint density at radius 3 is 2.67 bits per heavy atom. The Labute approximate surface area is 198 Å². The normalized spacial score (nSPS) is 17.2. The number of amides is 1. The topological polar surface area (TPSA) is 95.6 Å². The van der Waals surface area contributed by atoms with Gasteiger partial charge in [0.25, 0.3) is 0 Å². The van der Waals surface area contributed by atoms with E-state index in [-0.39, 0.29) is 29.0 Å². The van der Waals surface area contributed by atoms with Crippen LogP contribution in [0.3, 0.4) is 0 Å². The van der Waals surface area contributed by atoms with Crippen LogP contribution in [0.25, 0.3) is 11.0 Å². The number of aromatic amines is 1. The number of sulfonamides is 1. The van der Waals surface area contributed by atoms with Crippen molar-refractivity contribution in [3.05, 3.63) is 48.5 Å². The molecule has 0 saturated carbocycles. The van der Waals surface area contributed by atoms with Crippen LogP contribution in [0.15, 0.2) is 58.6 Å². The second-order valence-corrected chi connectivity index (χ2v) is 11.0. The molecule has 0 radical (unpaired) electrons. The van der Waals surface area contributed by atoms with Crippen molar-refractivity contribution in [2.24, 2.45) is 5.92 Å². The highest BCUT2D eigenvalue weighted by Crippen LogP contribution is 2.30. The minimum atomic E-state index is -3.69. The van der Waals surface area contributed by atoms with Crippen molar-refractivity contribution in [1.29, 1.82) is 0 Å². The predicted octanol–water partition coefficient (Wildman–Crippen LogP) is 3.57. The van der Waals surface area contributed by atoms with E-state index in [1.807, 2.05) is 39.0 Å². The summed E-state index contributed by atoms with van der Waals surface area (Å²) in [6, 6.07) is 14.0. The van der Waals surface area contributed by atoms with E-state index < -0.39 is 16.2 Å². The maximum atomic E-state index is 13.2. The molecule has 0 bridgehead atoms. The number of rotatable bonds is 8. The monoisotopic (exact) mass is 488 g/mol. The van der Waals surface area contributed by atoms with Gasteiger partial charge in [-0.2, -0.15) is 4.31 Å². The number of fused-ring (bicyclic) bond motifs is 1. The third-order valence-electron chi connectivity index (χ3n) is 5.52. The third kappa shape index (κ3) is 4.87. The molecule has 3 aromatic rings. The molecule has 4 rings (SSSR count). The van der Waals surface area contributed by atoms with Gasteiger partial charge in [0.1, 0.15) is 11.9 Å². The highest BCUT2D eigenvalue weighted by molar-refractivity contribution is 7.99. The molecule has 1 N–H and O–H groups in total. The molecule has 0 aliphatic carbocycles. The van der Waals surface area contributed by atoms with Crippen molar-refractivity contribution >= 4 is 38.7 Å². The first-order chi connectivity index (χ1) is 15.8. The van der Waals surface area contributed by atoms with Crippen LogP contribution in [0, 0.1) is 5.92 Å². The van der Waals surface area contributed by atoms with Gasteiger partial charge in [0, 0.05) is 19.2 Å². The number of aromatic nitrogens is 2. The van der Waals surface area contributed by atoms with E-state index in [1.54, 1.807) is 35.2 Å². The average Bonchev–Trinajstić information content (AvgIpc) is 3.43. The molecule has 33 heavy (non-hydrogen) atoms. The molecular formula is C23H28N4O4S2.